The van der Waals surface area contributed by atoms with Gasteiger partial charge in [0.05, 0.1) is 37.9 Å². The SMILES string of the molecule is CCC(N)(CC)CO[C@H]1[C@H](OC)C[C@@]23COC[C@@]1(C)[C@@H]2CC[C@H]1C3=CC[C@@]2(C)[C@H](C(=O)O)[C@@](C)([C@H](C)C(C)C)CC[C@]12C. The Bertz CT molecular complexity index is 1100. The van der Waals surface area contributed by atoms with Crippen molar-refractivity contribution < 1.29 is 24.1 Å². The molecule has 1 heterocycles. The fraction of sp³-hybridized carbons (Fsp3) is 0.919. The molecule has 6 nitrogen and oxygen atoms in total. The van der Waals surface area contributed by atoms with E-state index in [4.69, 9.17) is 19.9 Å². The summed E-state index contributed by atoms with van der Waals surface area (Å²) in [6.07, 6.45) is 10.2. The van der Waals surface area contributed by atoms with Gasteiger partial charge < -0.3 is 25.1 Å². The van der Waals surface area contributed by atoms with Crippen LogP contribution in [0.15, 0.2) is 11.6 Å². The third-order valence-corrected chi connectivity index (χ3v) is 15.3. The van der Waals surface area contributed by atoms with E-state index in [1.807, 2.05) is 7.11 Å². The van der Waals surface area contributed by atoms with Crippen LogP contribution in [0, 0.1) is 56.7 Å². The minimum atomic E-state index is -0.604. The summed E-state index contributed by atoms with van der Waals surface area (Å²) in [6.45, 7) is 22.5. The molecule has 2 bridgehead atoms. The third-order valence-electron chi connectivity index (χ3n) is 15.3. The molecule has 0 unspecified atom stereocenters. The molecule has 0 radical (unpaired) electrons. The molecular formula is C37H63NO5. The van der Waals surface area contributed by atoms with Gasteiger partial charge in [0.15, 0.2) is 0 Å². The van der Waals surface area contributed by atoms with Crippen molar-refractivity contribution >= 4 is 5.97 Å². The summed E-state index contributed by atoms with van der Waals surface area (Å²) >= 11 is 0. The number of carboxylic acids is 1. The van der Waals surface area contributed by atoms with Crippen LogP contribution in [-0.2, 0) is 19.0 Å². The van der Waals surface area contributed by atoms with E-state index in [0.717, 1.165) is 58.0 Å². The smallest absolute Gasteiger partial charge is 0.307 e. The summed E-state index contributed by atoms with van der Waals surface area (Å²) in [5, 5.41) is 10.9. The molecule has 3 N–H and O–H groups in total. The van der Waals surface area contributed by atoms with Crippen LogP contribution in [0.3, 0.4) is 0 Å². The van der Waals surface area contributed by atoms with E-state index in [1.165, 1.54) is 0 Å². The number of ether oxygens (including phenoxy) is 3. The van der Waals surface area contributed by atoms with Crippen molar-refractivity contribution in [1.82, 2.24) is 0 Å². The van der Waals surface area contributed by atoms with Crippen molar-refractivity contribution in [1.29, 1.82) is 0 Å². The standard InChI is InChI=1S/C37H63NO5/c1-11-36(38,12-2)21-43-30-27(41-10)19-37-22-42-20-33(30,7)28(37)14-13-25-26(37)15-16-35(9)29(31(39)40)32(6,24(5)23(3)4)17-18-34(25,35)8/h15,23-25,27-30H,11-14,16-22,38H2,1-10H3,(H,39,40)/t24-,25+,27-,28+,29-,30+,32-,33+,34-,35+,37+/m1/s1. The van der Waals surface area contributed by atoms with Gasteiger partial charge in [-0.1, -0.05) is 74.0 Å². The van der Waals surface area contributed by atoms with Crippen molar-refractivity contribution in [3.05, 3.63) is 11.6 Å². The van der Waals surface area contributed by atoms with Crippen LogP contribution in [-0.4, -0.2) is 55.8 Å². The fourth-order valence-electron chi connectivity index (χ4n) is 11.8. The van der Waals surface area contributed by atoms with Gasteiger partial charge in [-0.05, 0) is 91.3 Å². The summed E-state index contributed by atoms with van der Waals surface area (Å²) < 4.78 is 19.7. The Morgan fingerprint density at radius 3 is 2.35 bits per heavy atom. The van der Waals surface area contributed by atoms with Gasteiger partial charge in [-0.2, -0.15) is 0 Å². The molecule has 246 valence electrons. The van der Waals surface area contributed by atoms with Gasteiger partial charge in [-0.3, -0.25) is 4.79 Å². The first kappa shape index (κ1) is 33.4. The van der Waals surface area contributed by atoms with E-state index >= 15 is 0 Å². The molecule has 0 aromatic carbocycles. The highest BCUT2D eigenvalue weighted by Crippen LogP contribution is 2.75. The first-order valence-electron chi connectivity index (χ1n) is 17.5. The monoisotopic (exact) mass is 601 g/mol. The molecule has 3 saturated carbocycles. The largest absolute Gasteiger partial charge is 0.481 e. The van der Waals surface area contributed by atoms with E-state index < -0.39 is 5.97 Å². The predicted octanol–water partition coefficient (Wildman–Crippen LogP) is 7.49. The van der Waals surface area contributed by atoms with Crippen molar-refractivity contribution in [3.63, 3.8) is 0 Å². The minimum absolute atomic E-state index is 0.0304. The number of carbonyl (C=O) groups is 1. The van der Waals surface area contributed by atoms with Crippen LogP contribution in [0.4, 0.5) is 0 Å². The molecule has 5 rings (SSSR count). The maximum Gasteiger partial charge on any atom is 0.307 e. The van der Waals surface area contributed by atoms with Crippen molar-refractivity contribution in [3.8, 4) is 0 Å². The lowest BCUT2D eigenvalue weighted by Gasteiger charge is -2.71. The lowest BCUT2D eigenvalue weighted by Crippen LogP contribution is -2.70. The molecule has 43 heavy (non-hydrogen) atoms. The lowest BCUT2D eigenvalue weighted by atomic mass is 9.34. The van der Waals surface area contributed by atoms with E-state index in [0.29, 0.717) is 36.9 Å². The number of aliphatic carboxylic acids is 1. The second kappa shape index (κ2) is 11.1. The summed E-state index contributed by atoms with van der Waals surface area (Å²) in [5.41, 5.74) is 7.05. The van der Waals surface area contributed by atoms with Gasteiger partial charge in [-0.15, -0.1) is 0 Å². The Labute approximate surface area is 262 Å². The van der Waals surface area contributed by atoms with Gasteiger partial charge >= 0.3 is 5.97 Å². The van der Waals surface area contributed by atoms with Crippen LogP contribution in [0.2, 0.25) is 0 Å². The molecule has 0 amide bonds. The highest BCUT2D eigenvalue weighted by Gasteiger charge is 2.71. The first-order chi connectivity index (χ1) is 20.0. The molecule has 11 atom stereocenters. The number of allylic oxidation sites excluding steroid dienone is 1. The maximum atomic E-state index is 13.3. The highest BCUT2D eigenvalue weighted by molar-refractivity contribution is 5.73. The zero-order chi connectivity index (χ0) is 31.8. The summed E-state index contributed by atoms with van der Waals surface area (Å²) in [7, 11) is 1.84. The van der Waals surface area contributed by atoms with Gasteiger partial charge in [0, 0.05) is 23.5 Å². The molecule has 0 aromatic rings. The second-order valence-electron chi connectivity index (χ2n) is 17.1. The van der Waals surface area contributed by atoms with E-state index in [1.54, 1.807) is 5.57 Å². The van der Waals surface area contributed by atoms with E-state index in [-0.39, 0.29) is 50.7 Å². The molecule has 6 heteroatoms. The minimum Gasteiger partial charge on any atom is -0.481 e. The summed E-state index contributed by atoms with van der Waals surface area (Å²) in [5.74, 6) is 0.618. The van der Waals surface area contributed by atoms with Crippen LogP contribution in [0.1, 0.15) is 114 Å². The number of hydrogen-bond acceptors (Lipinski definition) is 5. The van der Waals surface area contributed by atoms with Gasteiger partial charge in [0.2, 0.25) is 0 Å². The molecular weight excluding hydrogens is 538 g/mol. The van der Waals surface area contributed by atoms with Gasteiger partial charge in [0.1, 0.15) is 0 Å². The summed E-state index contributed by atoms with van der Waals surface area (Å²) in [4.78, 5) is 13.3. The first-order valence-corrected chi connectivity index (χ1v) is 17.5. The molecule has 0 aromatic heterocycles. The van der Waals surface area contributed by atoms with Crippen LogP contribution < -0.4 is 5.73 Å². The Morgan fingerprint density at radius 2 is 1.77 bits per heavy atom. The maximum absolute atomic E-state index is 13.3. The van der Waals surface area contributed by atoms with E-state index in [2.05, 4.69) is 68.4 Å². The van der Waals surface area contributed by atoms with Crippen LogP contribution in [0.5, 0.6) is 0 Å². The Morgan fingerprint density at radius 1 is 1.09 bits per heavy atom. The highest BCUT2D eigenvalue weighted by atomic mass is 16.5. The predicted molar refractivity (Wildman–Crippen MR) is 172 cm³/mol. The molecule has 0 spiro atoms. The molecule has 4 aliphatic carbocycles. The molecule has 5 aliphatic rings. The number of methoxy groups -OCH3 is 1. The zero-order valence-electron chi connectivity index (χ0n) is 29.1. The number of rotatable bonds is 9. The van der Waals surface area contributed by atoms with Crippen molar-refractivity contribution in [2.45, 2.75) is 131 Å². The van der Waals surface area contributed by atoms with Crippen LogP contribution >= 0.6 is 0 Å². The van der Waals surface area contributed by atoms with E-state index in [9.17, 15) is 9.90 Å². The average Bonchev–Trinajstić information content (AvgIpc) is 2.95. The summed E-state index contributed by atoms with van der Waals surface area (Å²) in [6, 6.07) is 0. The van der Waals surface area contributed by atoms with Crippen molar-refractivity contribution in [2.24, 2.45) is 62.4 Å². The fourth-order valence-corrected chi connectivity index (χ4v) is 11.8. The Hall–Kier alpha value is -0.950. The number of hydrogen-bond donors (Lipinski definition) is 2. The van der Waals surface area contributed by atoms with Gasteiger partial charge in [0.25, 0.3) is 0 Å². The number of nitrogens with two attached hydrogens (primary N) is 1. The second-order valence-corrected chi connectivity index (χ2v) is 17.1. The third kappa shape index (κ3) is 4.57. The number of carboxylic acid groups (broad SMARTS) is 1. The Kier molecular flexibility index (Phi) is 8.62. The molecule has 1 aliphatic heterocycles. The van der Waals surface area contributed by atoms with Crippen molar-refractivity contribution in [2.75, 3.05) is 26.9 Å². The topological polar surface area (TPSA) is 91.0 Å². The Balaban J connectivity index is 1.55. The lowest BCUT2D eigenvalue weighted by molar-refractivity contribution is -0.269. The normalized spacial score (nSPS) is 46.8. The van der Waals surface area contributed by atoms with Gasteiger partial charge in [-0.25, -0.2) is 0 Å². The number of fused-ring (bicyclic) bond motifs is 3. The quantitative estimate of drug-likeness (QED) is 0.266. The van der Waals surface area contributed by atoms with Crippen LogP contribution in [0.25, 0.3) is 0 Å². The average molecular weight is 602 g/mol. The molecule has 4 fully saturated rings. The zero-order valence-corrected chi connectivity index (χ0v) is 29.1. The molecule has 1 saturated heterocycles.